The zero-order valence-electron chi connectivity index (χ0n) is 13.8. The average molecular weight is 359 g/mol. The number of amides is 2. The van der Waals surface area contributed by atoms with Gasteiger partial charge in [-0.05, 0) is 31.7 Å². The SMILES string of the molecule is CNC(C)C(=O)N[C@H](Cc1ccc(C(F)(F)F)cc1)C(=O)NCC=O. The van der Waals surface area contributed by atoms with Crippen LogP contribution in [0.4, 0.5) is 13.2 Å². The highest BCUT2D eigenvalue weighted by Crippen LogP contribution is 2.29. The number of likely N-dealkylation sites (N-methyl/N-ethyl adjacent to an activating group) is 1. The van der Waals surface area contributed by atoms with Crippen LogP contribution >= 0.6 is 0 Å². The minimum absolute atomic E-state index is 0.00893. The molecule has 9 heteroatoms. The molecular weight excluding hydrogens is 339 g/mol. The molecule has 1 rings (SSSR count). The molecule has 0 bridgehead atoms. The van der Waals surface area contributed by atoms with Gasteiger partial charge in [0.25, 0.3) is 0 Å². The summed E-state index contributed by atoms with van der Waals surface area (Å²) in [5, 5.41) is 7.56. The number of rotatable bonds is 8. The average Bonchev–Trinajstić information content (AvgIpc) is 2.57. The number of carbonyl (C=O) groups is 3. The van der Waals surface area contributed by atoms with Gasteiger partial charge in [-0.15, -0.1) is 0 Å². The van der Waals surface area contributed by atoms with E-state index in [4.69, 9.17) is 0 Å². The smallest absolute Gasteiger partial charge is 0.348 e. The summed E-state index contributed by atoms with van der Waals surface area (Å²) >= 11 is 0. The van der Waals surface area contributed by atoms with Crippen molar-refractivity contribution in [2.45, 2.75) is 31.6 Å². The number of carbonyl (C=O) groups excluding carboxylic acids is 3. The van der Waals surface area contributed by atoms with Crippen molar-refractivity contribution in [3.63, 3.8) is 0 Å². The molecule has 1 aromatic rings. The zero-order valence-corrected chi connectivity index (χ0v) is 13.8. The van der Waals surface area contributed by atoms with Gasteiger partial charge in [-0.2, -0.15) is 13.2 Å². The molecule has 1 unspecified atom stereocenters. The van der Waals surface area contributed by atoms with Gasteiger partial charge in [-0.3, -0.25) is 9.59 Å². The molecule has 2 atom stereocenters. The Morgan fingerprint density at radius 3 is 2.24 bits per heavy atom. The Balaban J connectivity index is 2.89. The third-order valence-electron chi connectivity index (χ3n) is 3.54. The Morgan fingerprint density at radius 1 is 1.16 bits per heavy atom. The van der Waals surface area contributed by atoms with Crippen LogP contribution in [0.15, 0.2) is 24.3 Å². The molecule has 0 aliphatic carbocycles. The van der Waals surface area contributed by atoms with Gasteiger partial charge in [0, 0.05) is 6.42 Å². The minimum atomic E-state index is -4.45. The van der Waals surface area contributed by atoms with E-state index in [2.05, 4.69) is 16.0 Å². The van der Waals surface area contributed by atoms with E-state index < -0.39 is 35.6 Å². The van der Waals surface area contributed by atoms with Crippen molar-refractivity contribution in [2.75, 3.05) is 13.6 Å². The molecule has 0 heterocycles. The molecule has 0 fully saturated rings. The number of hydrogen-bond donors (Lipinski definition) is 3. The first-order valence-corrected chi connectivity index (χ1v) is 7.54. The molecule has 0 aliphatic rings. The molecule has 0 spiro atoms. The summed E-state index contributed by atoms with van der Waals surface area (Å²) in [6.07, 6.45) is -3.97. The van der Waals surface area contributed by atoms with Crippen molar-refractivity contribution in [2.24, 2.45) is 0 Å². The van der Waals surface area contributed by atoms with Crippen LogP contribution in [0.2, 0.25) is 0 Å². The minimum Gasteiger partial charge on any atom is -0.348 e. The van der Waals surface area contributed by atoms with E-state index >= 15 is 0 Å². The summed E-state index contributed by atoms with van der Waals surface area (Å²) in [7, 11) is 1.57. The molecule has 0 saturated carbocycles. The van der Waals surface area contributed by atoms with E-state index in [-0.39, 0.29) is 13.0 Å². The molecule has 0 radical (unpaired) electrons. The Kier molecular flexibility index (Phi) is 7.56. The molecule has 3 N–H and O–H groups in total. The molecule has 6 nitrogen and oxygen atoms in total. The molecule has 2 amide bonds. The second kappa shape index (κ2) is 9.16. The van der Waals surface area contributed by atoms with Crippen molar-refractivity contribution in [3.8, 4) is 0 Å². The normalized spacial score (nSPS) is 13.6. The predicted octanol–water partition coefficient (Wildman–Crippen LogP) is 0.656. The number of benzene rings is 1. The fourth-order valence-corrected chi connectivity index (χ4v) is 1.97. The maximum Gasteiger partial charge on any atom is 0.416 e. The first-order chi connectivity index (χ1) is 11.7. The number of nitrogens with one attached hydrogen (secondary N) is 3. The van der Waals surface area contributed by atoms with Crippen LogP contribution in [0.5, 0.6) is 0 Å². The second-order valence-electron chi connectivity index (χ2n) is 5.38. The van der Waals surface area contributed by atoms with Gasteiger partial charge in [0.2, 0.25) is 11.8 Å². The van der Waals surface area contributed by atoms with Crippen molar-refractivity contribution in [1.82, 2.24) is 16.0 Å². The predicted molar refractivity (Wildman–Crippen MR) is 84.7 cm³/mol. The quantitative estimate of drug-likeness (QED) is 0.595. The summed E-state index contributed by atoms with van der Waals surface area (Å²) in [6.45, 7) is 1.37. The lowest BCUT2D eigenvalue weighted by Gasteiger charge is -2.20. The van der Waals surface area contributed by atoms with E-state index in [0.29, 0.717) is 11.8 Å². The summed E-state index contributed by atoms with van der Waals surface area (Å²) in [4.78, 5) is 34.4. The summed E-state index contributed by atoms with van der Waals surface area (Å²) in [5.41, 5.74) is -0.359. The lowest BCUT2D eigenvalue weighted by molar-refractivity contribution is -0.137. The van der Waals surface area contributed by atoms with E-state index in [1.165, 1.54) is 12.1 Å². The van der Waals surface area contributed by atoms with Gasteiger partial charge in [0.15, 0.2) is 0 Å². The molecule has 25 heavy (non-hydrogen) atoms. The standard InChI is InChI=1S/C16H20F3N3O3/c1-10(20-2)14(24)22-13(15(25)21-7-8-23)9-11-3-5-12(6-4-11)16(17,18)19/h3-6,8,10,13,20H,7,9H2,1-2H3,(H,21,25)(H,22,24)/t10?,13-/m1/s1. The van der Waals surface area contributed by atoms with Crippen LogP contribution in [0.25, 0.3) is 0 Å². The largest absolute Gasteiger partial charge is 0.416 e. The fourth-order valence-electron chi connectivity index (χ4n) is 1.97. The van der Waals surface area contributed by atoms with Gasteiger partial charge in [-0.25, -0.2) is 0 Å². The van der Waals surface area contributed by atoms with Crippen molar-refractivity contribution in [1.29, 1.82) is 0 Å². The Morgan fingerprint density at radius 2 is 1.76 bits per heavy atom. The molecular formula is C16H20F3N3O3. The summed E-state index contributed by atoms with van der Waals surface area (Å²) in [6, 6.07) is 2.74. The first-order valence-electron chi connectivity index (χ1n) is 7.54. The van der Waals surface area contributed by atoms with Crippen LogP contribution in [0.3, 0.4) is 0 Å². The molecule has 0 aliphatic heterocycles. The Hall–Kier alpha value is -2.42. The van der Waals surface area contributed by atoms with Gasteiger partial charge in [-0.1, -0.05) is 12.1 Å². The topological polar surface area (TPSA) is 87.3 Å². The van der Waals surface area contributed by atoms with Crippen LogP contribution in [-0.4, -0.2) is 43.8 Å². The monoisotopic (exact) mass is 359 g/mol. The van der Waals surface area contributed by atoms with E-state index in [0.717, 1.165) is 12.1 Å². The van der Waals surface area contributed by atoms with E-state index in [1.54, 1.807) is 14.0 Å². The van der Waals surface area contributed by atoms with E-state index in [9.17, 15) is 27.6 Å². The highest BCUT2D eigenvalue weighted by Gasteiger charge is 2.30. The molecule has 138 valence electrons. The van der Waals surface area contributed by atoms with Crippen LogP contribution in [0, 0.1) is 0 Å². The number of alkyl halides is 3. The van der Waals surface area contributed by atoms with E-state index in [1.807, 2.05) is 0 Å². The molecule has 0 saturated heterocycles. The van der Waals surface area contributed by atoms with Gasteiger partial charge in [0.05, 0.1) is 18.2 Å². The van der Waals surface area contributed by atoms with Crippen LogP contribution in [-0.2, 0) is 27.0 Å². The number of hydrogen-bond acceptors (Lipinski definition) is 4. The van der Waals surface area contributed by atoms with Crippen LogP contribution < -0.4 is 16.0 Å². The summed E-state index contributed by atoms with van der Waals surface area (Å²) in [5.74, 6) is -1.04. The van der Waals surface area contributed by atoms with Gasteiger partial charge >= 0.3 is 6.18 Å². The van der Waals surface area contributed by atoms with Crippen molar-refractivity contribution >= 4 is 18.1 Å². The highest BCUT2D eigenvalue weighted by atomic mass is 19.4. The Labute approximate surface area is 143 Å². The highest BCUT2D eigenvalue weighted by molar-refractivity contribution is 5.90. The first kappa shape index (κ1) is 20.6. The maximum absolute atomic E-state index is 12.6. The third kappa shape index (κ3) is 6.54. The Bertz CT molecular complexity index is 603. The molecule has 0 aromatic heterocycles. The van der Waals surface area contributed by atoms with Crippen molar-refractivity contribution < 1.29 is 27.6 Å². The number of aldehydes is 1. The second-order valence-corrected chi connectivity index (χ2v) is 5.38. The van der Waals surface area contributed by atoms with Crippen molar-refractivity contribution in [3.05, 3.63) is 35.4 Å². The van der Waals surface area contributed by atoms with Gasteiger partial charge in [0.1, 0.15) is 12.3 Å². The fraction of sp³-hybridized carbons (Fsp3) is 0.438. The molecule has 1 aromatic carbocycles. The number of halogens is 3. The lowest BCUT2D eigenvalue weighted by atomic mass is 10.0. The maximum atomic E-state index is 12.6. The lowest BCUT2D eigenvalue weighted by Crippen LogP contribution is -2.52. The summed E-state index contributed by atoms with van der Waals surface area (Å²) < 4.78 is 37.8. The van der Waals surface area contributed by atoms with Gasteiger partial charge < -0.3 is 20.7 Å². The van der Waals surface area contributed by atoms with Crippen LogP contribution in [0.1, 0.15) is 18.1 Å². The third-order valence-corrected chi connectivity index (χ3v) is 3.54. The zero-order chi connectivity index (χ0) is 19.0.